The van der Waals surface area contributed by atoms with E-state index < -0.39 is 5.97 Å². The molecule has 1 atom stereocenters. The van der Waals surface area contributed by atoms with Gasteiger partial charge in [-0.15, -0.1) is 0 Å². The van der Waals surface area contributed by atoms with Gasteiger partial charge in [0.1, 0.15) is 5.75 Å². The van der Waals surface area contributed by atoms with Gasteiger partial charge in [-0.3, -0.25) is 4.79 Å². The molecule has 1 unspecified atom stereocenters. The molecule has 23 heavy (non-hydrogen) atoms. The van der Waals surface area contributed by atoms with Crippen LogP contribution >= 0.6 is 0 Å². The Balaban J connectivity index is 1.88. The molecule has 1 saturated carbocycles. The maximum absolute atomic E-state index is 11.3. The summed E-state index contributed by atoms with van der Waals surface area (Å²) in [6.07, 6.45) is 5.81. The second kappa shape index (κ2) is 8.92. The Bertz CT molecular complexity index is 495. The van der Waals surface area contributed by atoms with E-state index in [1.165, 1.54) is 12.8 Å². The minimum Gasteiger partial charge on any atom is -0.490 e. The molecule has 1 aromatic rings. The third-order valence-corrected chi connectivity index (χ3v) is 4.38. The van der Waals surface area contributed by atoms with Crippen LogP contribution in [-0.2, 0) is 11.3 Å². The number of hydrogen-bond donors (Lipinski definition) is 2. The van der Waals surface area contributed by atoms with Crippen molar-refractivity contribution in [3.8, 4) is 5.75 Å². The number of carboxylic acid groups (broad SMARTS) is 1. The SMILES string of the molecule is CC(C)CC(CNCc1ccccc1OC1CCCC1)C(=O)O. The number of benzene rings is 1. The Kier molecular flexibility index (Phi) is 6.90. The van der Waals surface area contributed by atoms with Crippen LogP contribution in [0.2, 0.25) is 0 Å². The number of rotatable bonds is 9. The summed E-state index contributed by atoms with van der Waals surface area (Å²) < 4.78 is 6.12. The molecule has 0 spiro atoms. The quantitative estimate of drug-likeness (QED) is 0.726. The second-order valence-corrected chi connectivity index (χ2v) is 6.93. The van der Waals surface area contributed by atoms with Gasteiger partial charge in [-0.1, -0.05) is 32.0 Å². The summed E-state index contributed by atoms with van der Waals surface area (Å²) in [5.41, 5.74) is 1.10. The van der Waals surface area contributed by atoms with Gasteiger partial charge in [0.15, 0.2) is 0 Å². The summed E-state index contributed by atoms with van der Waals surface area (Å²) in [4.78, 5) is 11.3. The first-order valence-electron chi connectivity index (χ1n) is 8.74. The van der Waals surface area contributed by atoms with Crippen LogP contribution in [0.4, 0.5) is 0 Å². The van der Waals surface area contributed by atoms with Crippen LogP contribution in [-0.4, -0.2) is 23.7 Å². The number of ether oxygens (including phenoxy) is 1. The van der Waals surface area contributed by atoms with E-state index >= 15 is 0 Å². The van der Waals surface area contributed by atoms with Gasteiger partial charge in [-0.25, -0.2) is 0 Å². The lowest BCUT2D eigenvalue weighted by Gasteiger charge is -2.18. The summed E-state index contributed by atoms with van der Waals surface area (Å²) in [5.74, 6) is 0.262. The van der Waals surface area contributed by atoms with Gasteiger partial charge in [0.25, 0.3) is 0 Å². The summed E-state index contributed by atoms with van der Waals surface area (Å²) in [6.45, 7) is 5.25. The van der Waals surface area contributed by atoms with E-state index in [9.17, 15) is 9.90 Å². The maximum Gasteiger partial charge on any atom is 0.307 e. The topological polar surface area (TPSA) is 58.6 Å². The van der Waals surface area contributed by atoms with Crippen LogP contribution in [0.15, 0.2) is 24.3 Å². The Morgan fingerprint density at radius 2 is 2.00 bits per heavy atom. The number of hydrogen-bond acceptors (Lipinski definition) is 3. The van der Waals surface area contributed by atoms with Crippen LogP contribution in [0.25, 0.3) is 0 Å². The van der Waals surface area contributed by atoms with Gasteiger partial charge >= 0.3 is 5.97 Å². The highest BCUT2D eigenvalue weighted by molar-refractivity contribution is 5.70. The zero-order chi connectivity index (χ0) is 16.7. The maximum atomic E-state index is 11.3. The van der Waals surface area contributed by atoms with Crippen molar-refractivity contribution in [2.45, 2.75) is 58.6 Å². The fraction of sp³-hybridized carbons (Fsp3) is 0.632. The molecular formula is C19H29NO3. The highest BCUT2D eigenvalue weighted by Crippen LogP contribution is 2.26. The van der Waals surface area contributed by atoms with E-state index in [0.29, 0.717) is 31.5 Å². The smallest absolute Gasteiger partial charge is 0.307 e. The molecule has 1 aromatic carbocycles. The lowest BCUT2D eigenvalue weighted by atomic mass is 9.97. The van der Waals surface area contributed by atoms with Gasteiger partial charge in [0, 0.05) is 18.7 Å². The molecule has 0 amide bonds. The predicted molar refractivity (Wildman–Crippen MR) is 91.6 cm³/mol. The standard InChI is InChI=1S/C19H29NO3/c1-14(2)11-16(19(21)22)13-20-12-15-7-3-6-10-18(15)23-17-8-4-5-9-17/h3,6-7,10,14,16-17,20H,4-5,8-9,11-13H2,1-2H3,(H,21,22). The number of carboxylic acids is 1. The van der Waals surface area contributed by atoms with Gasteiger partial charge < -0.3 is 15.2 Å². The molecule has 1 fully saturated rings. The highest BCUT2D eigenvalue weighted by Gasteiger charge is 2.20. The molecule has 4 nitrogen and oxygen atoms in total. The number of para-hydroxylation sites is 1. The lowest BCUT2D eigenvalue weighted by Crippen LogP contribution is -2.29. The Hall–Kier alpha value is -1.55. The minimum atomic E-state index is -0.721. The third kappa shape index (κ3) is 5.87. The van der Waals surface area contributed by atoms with Crippen molar-refractivity contribution in [2.24, 2.45) is 11.8 Å². The van der Waals surface area contributed by atoms with Crippen LogP contribution in [0.3, 0.4) is 0 Å². The van der Waals surface area contributed by atoms with Gasteiger partial charge in [-0.05, 0) is 44.1 Å². The van der Waals surface area contributed by atoms with Crippen molar-refractivity contribution < 1.29 is 14.6 Å². The van der Waals surface area contributed by atoms with Gasteiger partial charge in [0.05, 0.1) is 12.0 Å². The Morgan fingerprint density at radius 1 is 1.30 bits per heavy atom. The number of nitrogens with one attached hydrogen (secondary N) is 1. The van der Waals surface area contributed by atoms with Crippen molar-refractivity contribution >= 4 is 5.97 Å². The first kappa shape index (κ1) is 17.8. The van der Waals surface area contributed by atoms with Crippen molar-refractivity contribution in [1.29, 1.82) is 0 Å². The average Bonchev–Trinajstić information content (AvgIpc) is 3.00. The Labute approximate surface area is 139 Å². The first-order chi connectivity index (χ1) is 11.1. The summed E-state index contributed by atoms with van der Waals surface area (Å²) in [6, 6.07) is 8.06. The molecule has 0 radical (unpaired) electrons. The third-order valence-electron chi connectivity index (χ3n) is 4.38. The summed E-state index contributed by atoms with van der Waals surface area (Å²) >= 11 is 0. The number of carbonyl (C=O) groups is 1. The first-order valence-corrected chi connectivity index (χ1v) is 8.74. The summed E-state index contributed by atoms with van der Waals surface area (Å²) in [7, 11) is 0. The normalized spacial score (nSPS) is 16.7. The molecule has 0 heterocycles. The van der Waals surface area contributed by atoms with Crippen LogP contribution in [0, 0.1) is 11.8 Å². The summed E-state index contributed by atoms with van der Waals surface area (Å²) in [5, 5.41) is 12.6. The van der Waals surface area contributed by atoms with E-state index in [2.05, 4.69) is 25.2 Å². The molecule has 2 rings (SSSR count). The van der Waals surface area contributed by atoms with E-state index in [0.717, 1.165) is 24.2 Å². The molecule has 1 aliphatic rings. The fourth-order valence-corrected chi connectivity index (χ4v) is 3.17. The molecule has 0 aliphatic heterocycles. The van der Waals surface area contributed by atoms with Crippen LogP contribution < -0.4 is 10.1 Å². The van der Waals surface area contributed by atoms with Crippen molar-refractivity contribution in [3.63, 3.8) is 0 Å². The molecule has 0 aromatic heterocycles. The monoisotopic (exact) mass is 319 g/mol. The molecule has 4 heteroatoms. The minimum absolute atomic E-state index is 0.335. The molecule has 128 valence electrons. The van der Waals surface area contributed by atoms with Crippen LogP contribution in [0.1, 0.15) is 51.5 Å². The van der Waals surface area contributed by atoms with E-state index in [1.54, 1.807) is 0 Å². The zero-order valence-corrected chi connectivity index (χ0v) is 14.3. The number of aliphatic carboxylic acids is 1. The van der Waals surface area contributed by atoms with Gasteiger partial charge in [0.2, 0.25) is 0 Å². The predicted octanol–water partition coefficient (Wildman–Crippen LogP) is 3.84. The van der Waals surface area contributed by atoms with Crippen molar-refractivity contribution in [2.75, 3.05) is 6.54 Å². The van der Waals surface area contributed by atoms with E-state index in [1.807, 2.05) is 18.2 Å². The molecule has 1 aliphatic carbocycles. The zero-order valence-electron chi connectivity index (χ0n) is 14.3. The highest BCUT2D eigenvalue weighted by atomic mass is 16.5. The van der Waals surface area contributed by atoms with Gasteiger partial charge in [-0.2, -0.15) is 0 Å². The van der Waals surface area contributed by atoms with Crippen molar-refractivity contribution in [1.82, 2.24) is 5.32 Å². The van der Waals surface area contributed by atoms with Crippen molar-refractivity contribution in [3.05, 3.63) is 29.8 Å². The average molecular weight is 319 g/mol. The molecular weight excluding hydrogens is 290 g/mol. The van der Waals surface area contributed by atoms with Crippen LogP contribution in [0.5, 0.6) is 5.75 Å². The lowest BCUT2D eigenvalue weighted by molar-refractivity contribution is -0.142. The molecule has 0 saturated heterocycles. The Morgan fingerprint density at radius 3 is 2.65 bits per heavy atom. The fourth-order valence-electron chi connectivity index (χ4n) is 3.17. The van der Waals surface area contributed by atoms with E-state index in [4.69, 9.17) is 4.74 Å². The largest absolute Gasteiger partial charge is 0.490 e. The van der Waals surface area contributed by atoms with E-state index in [-0.39, 0.29) is 5.92 Å². The second-order valence-electron chi connectivity index (χ2n) is 6.93. The molecule has 0 bridgehead atoms. The molecule has 2 N–H and O–H groups in total.